The summed E-state index contributed by atoms with van der Waals surface area (Å²) in [4.78, 5) is 8.71. The molecule has 0 fully saturated rings. The first-order valence-corrected chi connectivity index (χ1v) is 5.06. The molecule has 2 heterocycles. The molecule has 2 aromatic heterocycles. The smallest absolute Gasteiger partial charge is 0.161 e. The number of H-pyrrole nitrogens is 1. The molecule has 0 bridgehead atoms. The summed E-state index contributed by atoms with van der Waals surface area (Å²) in [7, 11) is 0. The van der Waals surface area contributed by atoms with Gasteiger partial charge in [-0.3, -0.25) is 5.10 Å². The highest BCUT2D eigenvalue weighted by atomic mass is 15.1. The molecule has 4 heteroatoms. The Morgan fingerprint density at radius 1 is 1.06 bits per heavy atom. The van der Waals surface area contributed by atoms with Crippen LogP contribution in [0.25, 0.3) is 22.4 Å². The normalized spacial score (nSPS) is 10.8. The number of benzene rings is 1. The van der Waals surface area contributed by atoms with Gasteiger partial charge in [0.15, 0.2) is 11.5 Å². The predicted octanol–water partition coefficient (Wildman–Crippen LogP) is 2.33. The summed E-state index contributed by atoms with van der Waals surface area (Å²) in [6.45, 7) is 2.06. The predicted molar refractivity (Wildman–Crippen MR) is 61.9 cm³/mol. The van der Waals surface area contributed by atoms with Gasteiger partial charge >= 0.3 is 0 Å². The lowest BCUT2D eigenvalue weighted by molar-refractivity contribution is 1.09. The zero-order valence-electron chi connectivity index (χ0n) is 8.81. The van der Waals surface area contributed by atoms with Crippen molar-refractivity contribution in [3.05, 3.63) is 42.2 Å². The Bertz CT molecular complexity index is 625. The molecule has 0 aliphatic rings. The third-order valence-corrected chi connectivity index (χ3v) is 2.50. The Labute approximate surface area is 92.4 Å². The first kappa shape index (κ1) is 9.03. The van der Waals surface area contributed by atoms with E-state index in [0.29, 0.717) is 0 Å². The third-order valence-electron chi connectivity index (χ3n) is 2.50. The molecule has 0 saturated heterocycles. The lowest BCUT2D eigenvalue weighted by Gasteiger charge is -1.99. The second-order valence-corrected chi connectivity index (χ2v) is 3.73. The largest absolute Gasteiger partial charge is 0.261 e. The van der Waals surface area contributed by atoms with Gasteiger partial charge in [-0.25, -0.2) is 9.97 Å². The second-order valence-electron chi connectivity index (χ2n) is 3.73. The van der Waals surface area contributed by atoms with Gasteiger partial charge in [0.25, 0.3) is 0 Å². The van der Waals surface area contributed by atoms with Crippen molar-refractivity contribution in [2.24, 2.45) is 0 Å². The highest BCUT2D eigenvalue weighted by Gasteiger charge is 2.03. The van der Waals surface area contributed by atoms with Crippen LogP contribution in [-0.4, -0.2) is 20.2 Å². The number of aromatic amines is 1. The first-order chi connectivity index (χ1) is 7.83. The SMILES string of the molecule is Cc1ccc(-c2ncc3cn[nH]c3n2)cc1. The number of rotatable bonds is 1. The third kappa shape index (κ3) is 1.44. The first-order valence-electron chi connectivity index (χ1n) is 5.06. The van der Waals surface area contributed by atoms with Gasteiger partial charge in [0.05, 0.1) is 11.6 Å². The summed E-state index contributed by atoms with van der Waals surface area (Å²) >= 11 is 0. The van der Waals surface area contributed by atoms with Crippen LogP contribution in [0.3, 0.4) is 0 Å². The maximum absolute atomic E-state index is 4.41. The van der Waals surface area contributed by atoms with Gasteiger partial charge in [-0.05, 0) is 6.92 Å². The summed E-state index contributed by atoms with van der Waals surface area (Å²) in [6.07, 6.45) is 3.50. The number of aryl methyl sites for hydroxylation is 1. The van der Waals surface area contributed by atoms with Crippen molar-refractivity contribution in [2.75, 3.05) is 0 Å². The highest BCUT2D eigenvalue weighted by Crippen LogP contribution is 2.17. The van der Waals surface area contributed by atoms with E-state index in [9.17, 15) is 0 Å². The van der Waals surface area contributed by atoms with Gasteiger partial charge in [-0.2, -0.15) is 5.10 Å². The molecular weight excluding hydrogens is 200 g/mol. The summed E-state index contributed by atoms with van der Waals surface area (Å²) < 4.78 is 0. The Morgan fingerprint density at radius 2 is 1.88 bits per heavy atom. The van der Waals surface area contributed by atoms with E-state index in [1.54, 1.807) is 12.4 Å². The molecule has 0 radical (unpaired) electrons. The van der Waals surface area contributed by atoms with E-state index in [1.165, 1.54) is 5.56 Å². The fourth-order valence-corrected chi connectivity index (χ4v) is 1.58. The molecule has 0 spiro atoms. The van der Waals surface area contributed by atoms with Crippen LogP contribution in [0.15, 0.2) is 36.7 Å². The molecule has 0 atom stereocenters. The van der Waals surface area contributed by atoms with E-state index in [2.05, 4.69) is 39.2 Å². The standard InChI is InChI=1S/C12H10N4/c1-8-2-4-9(5-3-8)11-13-6-10-7-14-16-12(10)15-11/h2-7H,1H3,(H,13,14,15,16). The summed E-state index contributed by atoms with van der Waals surface area (Å²) in [5, 5.41) is 7.69. The van der Waals surface area contributed by atoms with Crippen LogP contribution in [0.4, 0.5) is 0 Å². The van der Waals surface area contributed by atoms with E-state index in [4.69, 9.17) is 0 Å². The van der Waals surface area contributed by atoms with Crippen LogP contribution in [0.5, 0.6) is 0 Å². The number of aromatic nitrogens is 4. The average Bonchev–Trinajstić information content (AvgIpc) is 2.77. The molecular formula is C12H10N4. The van der Waals surface area contributed by atoms with Gasteiger partial charge < -0.3 is 0 Å². The van der Waals surface area contributed by atoms with Crippen molar-refractivity contribution in [1.29, 1.82) is 0 Å². The molecule has 16 heavy (non-hydrogen) atoms. The van der Waals surface area contributed by atoms with E-state index in [1.807, 2.05) is 12.1 Å². The maximum atomic E-state index is 4.41. The number of hydrogen-bond donors (Lipinski definition) is 1. The zero-order valence-corrected chi connectivity index (χ0v) is 8.81. The number of hydrogen-bond acceptors (Lipinski definition) is 3. The van der Waals surface area contributed by atoms with Crippen LogP contribution in [0, 0.1) is 6.92 Å². The molecule has 0 unspecified atom stereocenters. The van der Waals surface area contributed by atoms with Crippen molar-refractivity contribution in [3.63, 3.8) is 0 Å². The Hall–Kier alpha value is -2.23. The van der Waals surface area contributed by atoms with Gasteiger partial charge in [-0.1, -0.05) is 29.8 Å². The molecule has 0 amide bonds. The van der Waals surface area contributed by atoms with Crippen LogP contribution in [-0.2, 0) is 0 Å². The van der Waals surface area contributed by atoms with Gasteiger partial charge in [0.2, 0.25) is 0 Å². The molecule has 78 valence electrons. The minimum absolute atomic E-state index is 0.719. The number of nitrogens with zero attached hydrogens (tertiary/aromatic N) is 3. The molecule has 1 aromatic carbocycles. The van der Waals surface area contributed by atoms with Crippen LogP contribution in [0.2, 0.25) is 0 Å². The van der Waals surface area contributed by atoms with Crippen LogP contribution in [0.1, 0.15) is 5.56 Å². The Balaban J connectivity index is 2.14. The average molecular weight is 210 g/mol. The molecule has 0 saturated carbocycles. The minimum atomic E-state index is 0.719. The summed E-state index contributed by atoms with van der Waals surface area (Å²) in [6, 6.07) is 8.14. The molecule has 3 aromatic rings. The molecule has 3 rings (SSSR count). The van der Waals surface area contributed by atoms with E-state index < -0.39 is 0 Å². The topological polar surface area (TPSA) is 54.5 Å². The fourth-order valence-electron chi connectivity index (χ4n) is 1.58. The minimum Gasteiger partial charge on any atom is -0.261 e. The van der Waals surface area contributed by atoms with Gasteiger partial charge in [0, 0.05) is 11.8 Å². The molecule has 4 nitrogen and oxygen atoms in total. The molecule has 0 aliphatic heterocycles. The monoisotopic (exact) mass is 210 g/mol. The van der Waals surface area contributed by atoms with E-state index >= 15 is 0 Å². The van der Waals surface area contributed by atoms with Gasteiger partial charge in [0.1, 0.15) is 0 Å². The Morgan fingerprint density at radius 3 is 2.69 bits per heavy atom. The van der Waals surface area contributed by atoms with Gasteiger partial charge in [-0.15, -0.1) is 0 Å². The van der Waals surface area contributed by atoms with E-state index in [-0.39, 0.29) is 0 Å². The molecule has 1 N–H and O–H groups in total. The van der Waals surface area contributed by atoms with Crippen molar-refractivity contribution in [1.82, 2.24) is 20.2 Å². The number of fused-ring (bicyclic) bond motifs is 1. The zero-order chi connectivity index (χ0) is 11.0. The summed E-state index contributed by atoms with van der Waals surface area (Å²) in [5.41, 5.74) is 3.01. The van der Waals surface area contributed by atoms with Crippen molar-refractivity contribution in [3.8, 4) is 11.4 Å². The number of nitrogens with one attached hydrogen (secondary N) is 1. The van der Waals surface area contributed by atoms with Crippen LogP contribution < -0.4 is 0 Å². The van der Waals surface area contributed by atoms with Crippen molar-refractivity contribution < 1.29 is 0 Å². The quantitative estimate of drug-likeness (QED) is 0.670. The fraction of sp³-hybridized carbons (Fsp3) is 0.0833. The Kier molecular flexibility index (Phi) is 1.93. The second kappa shape index (κ2) is 3.41. The lowest BCUT2D eigenvalue weighted by atomic mass is 10.1. The van der Waals surface area contributed by atoms with Crippen molar-refractivity contribution >= 4 is 11.0 Å². The lowest BCUT2D eigenvalue weighted by Crippen LogP contribution is -1.89. The van der Waals surface area contributed by atoms with E-state index in [0.717, 1.165) is 22.4 Å². The van der Waals surface area contributed by atoms with Crippen molar-refractivity contribution in [2.45, 2.75) is 6.92 Å². The summed E-state index contributed by atoms with van der Waals surface area (Å²) in [5.74, 6) is 0.719. The maximum Gasteiger partial charge on any atom is 0.161 e. The van der Waals surface area contributed by atoms with Crippen LogP contribution >= 0.6 is 0 Å². The highest BCUT2D eigenvalue weighted by molar-refractivity contribution is 5.74. The molecule has 0 aliphatic carbocycles.